The van der Waals surface area contributed by atoms with Crippen molar-refractivity contribution in [3.05, 3.63) is 41.5 Å². The molecule has 1 aliphatic rings. The molecule has 165 valence electrons. The van der Waals surface area contributed by atoms with Crippen LogP contribution in [-0.2, 0) is 28.8 Å². The molecule has 0 saturated carbocycles. The predicted octanol–water partition coefficient (Wildman–Crippen LogP) is 7.19. The zero-order chi connectivity index (χ0) is 23.1. The van der Waals surface area contributed by atoms with Crippen LogP contribution in [0.2, 0.25) is 0 Å². The Hall–Kier alpha value is 1.67. The average Bonchev–Trinajstić information content (AvgIpc) is 2.74. The molecule has 0 bridgehead atoms. The molecule has 0 aromatic heterocycles. The second kappa shape index (κ2) is 21.9. The molecular weight excluding hydrogens is 563 g/mol. The summed E-state index contributed by atoms with van der Waals surface area (Å²) in [5.41, 5.74) is 5.87. The van der Waals surface area contributed by atoms with Gasteiger partial charge < -0.3 is 40.2 Å². The monoisotopic (exact) mass is 594 g/mol. The van der Waals surface area contributed by atoms with Crippen molar-refractivity contribution >= 4 is 59.0 Å². The predicted molar refractivity (Wildman–Crippen MR) is 126 cm³/mol. The van der Waals surface area contributed by atoms with Crippen LogP contribution in [0.5, 0.6) is 0 Å². The van der Waals surface area contributed by atoms with Gasteiger partial charge in [0.1, 0.15) is 0 Å². The minimum atomic E-state index is -2.94. The molecule has 0 N–H and O–H groups in total. The van der Waals surface area contributed by atoms with E-state index in [1.54, 1.807) is 0 Å². The van der Waals surface area contributed by atoms with Crippen LogP contribution in [0.4, 0.5) is 0 Å². The molecule has 10 heteroatoms. The van der Waals surface area contributed by atoms with Crippen LogP contribution in [0, 0.1) is 19.2 Å². The molecular formula is C18H32AlCl4NO2PRu. The topological polar surface area (TPSA) is 43.0 Å². The van der Waals surface area contributed by atoms with Crippen molar-refractivity contribution in [2.45, 2.75) is 74.4 Å². The van der Waals surface area contributed by atoms with Crippen LogP contribution >= 0.6 is 49.6 Å². The molecule has 0 heterocycles. The fourth-order valence-electron chi connectivity index (χ4n) is 2.00. The zero-order valence-corrected chi connectivity index (χ0v) is 25.4. The summed E-state index contributed by atoms with van der Waals surface area (Å²) in [6.07, 6.45) is 0. The van der Waals surface area contributed by atoms with Crippen molar-refractivity contribution in [2.75, 3.05) is 0 Å². The summed E-state index contributed by atoms with van der Waals surface area (Å²) in [7, 11) is 19.0. The summed E-state index contributed by atoms with van der Waals surface area (Å²) in [6.45, 7) is 28.9. The van der Waals surface area contributed by atoms with E-state index in [4.69, 9.17) is 49.5 Å². The SMILES string of the molecule is CC(C)N([PH3+])C(C)C.C[C]1C(C)=C(C)C(C)=C1C.[C-]#[O+].[C-]#[O+].[Cl][Al-]([Cl])([Cl])[Cl].[Ru]. The molecule has 0 aromatic rings. The van der Waals surface area contributed by atoms with Crippen molar-refractivity contribution in [1.82, 2.24) is 4.67 Å². The smallest absolute Gasteiger partial charge is 0.391 e. The number of rotatable bonds is 2. The van der Waals surface area contributed by atoms with Gasteiger partial charge in [-0.05, 0) is 66.5 Å². The Kier molecular flexibility index (Phi) is 31.3. The summed E-state index contributed by atoms with van der Waals surface area (Å²) in [5, 5.41) is 0. The van der Waals surface area contributed by atoms with E-state index in [1.807, 2.05) is 9.39 Å². The van der Waals surface area contributed by atoms with Crippen LogP contribution in [-0.4, -0.2) is 26.1 Å². The van der Waals surface area contributed by atoms with Gasteiger partial charge in [0.15, 0.2) is 0 Å². The van der Waals surface area contributed by atoms with Crippen LogP contribution in [0.3, 0.4) is 0 Å². The van der Waals surface area contributed by atoms with Gasteiger partial charge in [-0.3, -0.25) is 0 Å². The van der Waals surface area contributed by atoms with Gasteiger partial charge in [0.05, 0.1) is 0 Å². The fraction of sp³-hybridized carbons (Fsp3) is 0.611. The Bertz CT molecular complexity index is 475. The molecule has 0 aliphatic heterocycles. The van der Waals surface area contributed by atoms with Gasteiger partial charge in [-0.15, -0.1) is 0 Å². The summed E-state index contributed by atoms with van der Waals surface area (Å²) < 4.78 is 17.4. The quantitative estimate of drug-likeness (QED) is 0.144. The average molecular weight is 595 g/mol. The molecule has 0 saturated heterocycles. The third kappa shape index (κ3) is 22.4. The molecule has 0 fully saturated rings. The van der Waals surface area contributed by atoms with Crippen LogP contribution in [0.15, 0.2) is 22.3 Å². The van der Waals surface area contributed by atoms with Crippen LogP contribution < -0.4 is 0 Å². The number of hydrogen-bond donors (Lipinski definition) is 0. The first-order chi connectivity index (χ1) is 12.1. The van der Waals surface area contributed by atoms with Gasteiger partial charge in [0, 0.05) is 46.9 Å². The minimum absolute atomic E-state index is 0. The summed E-state index contributed by atoms with van der Waals surface area (Å²) >= 11 is 0. The maximum Gasteiger partial charge on any atom is 0.564 e. The van der Waals surface area contributed by atoms with E-state index < -0.39 is 9.39 Å². The molecule has 1 unspecified atom stereocenters. The molecule has 28 heavy (non-hydrogen) atoms. The van der Waals surface area contributed by atoms with Gasteiger partial charge in [0.2, 0.25) is 0 Å². The Morgan fingerprint density at radius 1 is 0.714 bits per heavy atom. The minimum Gasteiger partial charge on any atom is -0.391 e. The molecule has 1 rings (SSSR count). The van der Waals surface area contributed by atoms with Crippen molar-refractivity contribution in [1.29, 1.82) is 0 Å². The second-order valence-corrected chi connectivity index (χ2v) is 19.9. The zero-order valence-electron chi connectivity index (χ0n) is 18.1. The normalized spacial score (nSPS) is 13.4. The van der Waals surface area contributed by atoms with Gasteiger partial charge in [-0.25, -0.2) is 0 Å². The van der Waals surface area contributed by atoms with Gasteiger partial charge in [-0.1, -0.05) is 18.1 Å². The number of allylic oxidation sites excluding steroid dienone is 4. The van der Waals surface area contributed by atoms with Crippen molar-refractivity contribution in [3.8, 4) is 0 Å². The molecule has 1 radical (unpaired) electrons. The summed E-state index contributed by atoms with van der Waals surface area (Å²) in [6, 6.07) is 1.38. The van der Waals surface area contributed by atoms with E-state index >= 15 is 0 Å². The standard InChI is InChI=1S/C10H15.C6H16NP.2CO.Al.4ClH.Ru/c1-6-7(2)9(4)10(5)8(6)3;1-5(2)7(8)6(3)4;2*1-2;;;;;;/h1-5H3;5-6H,8H2,1-4H3;;;;4*1H;/q;;;;+3;;;;;/p-3. The van der Waals surface area contributed by atoms with E-state index in [0.29, 0.717) is 12.1 Å². The fourth-order valence-corrected chi connectivity index (χ4v) is 2.00. The summed E-state index contributed by atoms with van der Waals surface area (Å²) in [4.78, 5) is 0. The van der Waals surface area contributed by atoms with E-state index in [9.17, 15) is 0 Å². The maximum absolute atomic E-state index is 7.50. The number of hydrogen-bond acceptors (Lipinski definition) is 1. The Morgan fingerprint density at radius 3 is 0.929 bits per heavy atom. The third-order valence-corrected chi connectivity index (χ3v) is 5.60. The van der Waals surface area contributed by atoms with E-state index in [0.717, 1.165) is 0 Å². The Morgan fingerprint density at radius 2 is 0.893 bits per heavy atom. The van der Waals surface area contributed by atoms with E-state index in [-0.39, 0.29) is 19.5 Å². The first-order valence-electron chi connectivity index (χ1n) is 8.17. The Labute approximate surface area is 206 Å². The molecule has 0 amide bonds. The van der Waals surface area contributed by atoms with Gasteiger partial charge >= 0.3 is 32.0 Å². The van der Waals surface area contributed by atoms with E-state index in [1.165, 1.54) is 28.2 Å². The van der Waals surface area contributed by atoms with Crippen molar-refractivity contribution < 1.29 is 28.8 Å². The first kappa shape index (κ1) is 40.1. The Balaban J connectivity index is -0.0000000887. The van der Waals surface area contributed by atoms with Gasteiger partial charge in [0.25, 0.3) is 0 Å². The van der Waals surface area contributed by atoms with Crippen LogP contribution in [0.25, 0.3) is 0 Å². The number of nitrogens with zero attached hydrogens (tertiary/aromatic N) is 1. The maximum atomic E-state index is 7.50. The molecule has 3 nitrogen and oxygen atoms in total. The number of halogens is 4. The van der Waals surface area contributed by atoms with E-state index in [2.05, 4.69) is 80.3 Å². The third-order valence-electron chi connectivity index (χ3n) is 4.14. The van der Waals surface area contributed by atoms with Crippen molar-refractivity contribution in [2.24, 2.45) is 0 Å². The molecule has 1 aliphatic carbocycles. The van der Waals surface area contributed by atoms with Gasteiger partial charge in [-0.2, -0.15) is 4.67 Å². The first-order valence-corrected chi connectivity index (χ1v) is 15.8. The molecule has 1 atom stereocenters. The molecule has 0 aromatic carbocycles. The molecule has 0 spiro atoms. The van der Waals surface area contributed by atoms with Crippen molar-refractivity contribution in [3.63, 3.8) is 0 Å². The summed E-state index contributed by atoms with van der Waals surface area (Å²) in [5.74, 6) is 1.47. The van der Waals surface area contributed by atoms with Crippen LogP contribution in [0.1, 0.15) is 62.3 Å². The largest absolute Gasteiger partial charge is 0.564 e. The second-order valence-electron chi connectivity index (χ2n) is 6.32.